The molecule has 32 heavy (non-hydrogen) atoms. The predicted octanol–water partition coefficient (Wildman–Crippen LogP) is 3.62. The van der Waals surface area contributed by atoms with Crippen LogP contribution in [0, 0.1) is 6.92 Å². The highest BCUT2D eigenvalue weighted by Crippen LogP contribution is 2.35. The number of thiocarbonyl (C=S) groups is 1. The van der Waals surface area contributed by atoms with E-state index in [1.807, 2.05) is 46.8 Å². The quantitative estimate of drug-likeness (QED) is 0.497. The molecule has 0 aromatic carbocycles. The van der Waals surface area contributed by atoms with Crippen molar-refractivity contribution >= 4 is 51.7 Å². The van der Waals surface area contributed by atoms with Gasteiger partial charge in [-0.1, -0.05) is 37.0 Å². The number of hydrogen-bond acceptors (Lipinski definition) is 7. The number of carbonyl (C=O) groups excluding carboxylic acids is 1. The average molecular weight is 473 g/mol. The minimum atomic E-state index is -0.200. The molecule has 4 rings (SSSR count). The lowest BCUT2D eigenvalue weighted by molar-refractivity contribution is -0.123. The Hall–Kier alpha value is -2.23. The van der Waals surface area contributed by atoms with E-state index in [4.69, 9.17) is 21.9 Å². The molecule has 0 radical (unpaired) electrons. The van der Waals surface area contributed by atoms with E-state index in [2.05, 4.69) is 4.90 Å². The van der Waals surface area contributed by atoms with E-state index in [1.54, 1.807) is 21.6 Å². The minimum Gasteiger partial charge on any atom is -0.372 e. The molecule has 0 bridgehead atoms. The first-order valence-corrected chi connectivity index (χ1v) is 12.1. The molecule has 2 fully saturated rings. The molecule has 0 saturated carbocycles. The number of pyridine rings is 1. The monoisotopic (exact) mass is 472 g/mol. The molecular weight excluding hydrogens is 444 g/mol. The van der Waals surface area contributed by atoms with Crippen LogP contribution in [0.2, 0.25) is 0 Å². The number of aromatic nitrogens is 2. The van der Waals surface area contributed by atoms with E-state index in [9.17, 15) is 9.59 Å². The summed E-state index contributed by atoms with van der Waals surface area (Å²) < 4.78 is 7.96. The lowest BCUT2D eigenvalue weighted by Crippen LogP contribution is -2.46. The number of anilines is 1. The summed E-state index contributed by atoms with van der Waals surface area (Å²) in [7, 11) is 0. The molecule has 0 unspecified atom stereocenters. The van der Waals surface area contributed by atoms with E-state index < -0.39 is 0 Å². The van der Waals surface area contributed by atoms with Crippen LogP contribution in [0.15, 0.2) is 28.0 Å². The Bertz CT molecular complexity index is 1170. The number of rotatable bonds is 4. The minimum absolute atomic E-state index is 0.00675. The first kappa shape index (κ1) is 22.9. The van der Waals surface area contributed by atoms with Gasteiger partial charge in [-0.3, -0.25) is 18.9 Å². The van der Waals surface area contributed by atoms with Gasteiger partial charge in [-0.05, 0) is 51.8 Å². The maximum absolute atomic E-state index is 13.6. The largest absolute Gasteiger partial charge is 0.372 e. The van der Waals surface area contributed by atoms with Gasteiger partial charge in [-0.2, -0.15) is 0 Å². The number of ether oxygens (including phenoxy) is 1. The van der Waals surface area contributed by atoms with Crippen LogP contribution in [0.25, 0.3) is 11.7 Å². The average Bonchev–Trinajstić information content (AvgIpc) is 3.02. The Balaban J connectivity index is 1.89. The number of thioether (sulfide) groups is 1. The number of fused-ring (bicyclic) bond motifs is 1. The van der Waals surface area contributed by atoms with Crippen LogP contribution in [-0.4, -0.2) is 55.9 Å². The van der Waals surface area contributed by atoms with E-state index in [0.717, 1.165) is 12.0 Å². The van der Waals surface area contributed by atoms with Gasteiger partial charge in [0.2, 0.25) is 0 Å². The molecule has 0 N–H and O–H groups in total. The van der Waals surface area contributed by atoms with Crippen molar-refractivity contribution in [1.29, 1.82) is 0 Å². The van der Waals surface area contributed by atoms with E-state index in [0.29, 0.717) is 39.3 Å². The fraction of sp³-hybridized carbons (Fsp3) is 0.478. The molecule has 4 heterocycles. The summed E-state index contributed by atoms with van der Waals surface area (Å²) in [5.74, 6) is 0.429. The summed E-state index contributed by atoms with van der Waals surface area (Å²) in [5, 5.41) is 0. The molecule has 170 valence electrons. The normalized spacial score (nSPS) is 24.1. The Morgan fingerprint density at radius 3 is 2.66 bits per heavy atom. The second-order valence-corrected chi connectivity index (χ2v) is 10.2. The molecule has 0 spiro atoms. The predicted molar refractivity (Wildman–Crippen MR) is 133 cm³/mol. The molecule has 2 aliphatic heterocycles. The lowest BCUT2D eigenvalue weighted by Gasteiger charge is -2.36. The molecule has 3 atom stereocenters. The fourth-order valence-corrected chi connectivity index (χ4v) is 5.64. The number of amides is 1. The Morgan fingerprint density at radius 2 is 2.00 bits per heavy atom. The van der Waals surface area contributed by atoms with Gasteiger partial charge < -0.3 is 9.64 Å². The molecule has 2 aromatic heterocycles. The summed E-state index contributed by atoms with van der Waals surface area (Å²) >= 11 is 6.71. The van der Waals surface area contributed by atoms with Crippen molar-refractivity contribution in [3.63, 3.8) is 0 Å². The van der Waals surface area contributed by atoms with Crippen molar-refractivity contribution in [3.05, 3.63) is 44.7 Å². The zero-order valence-corrected chi connectivity index (χ0v) is 20.6. The van der Waals surface area contributed by atoms with E-state index in [-0.39, 0.29) is 29.7 Å². The Labute approximate surface area is 197 Å². The number of hydrogen-bond donors (Lipinski definition) is 0. The van der Waals surface area contributed by atoms with Crippen LogP contribution < -0.4 is 10.5 Å². The van der Waals surface area contributed by atoms with Crippen LogP contribution in [0.4, 0.5) is 5.82 Å². The first-order chi connectivity index (χ1) is 15.2. The number of aryl methyl sites for hydroxylation is 1. The van der Waals surface area contributed by atoms with Gasteiger partial charge in [0.25, 0.3) is 11.5 Å². The van der Waals surface area contributed by atoms with Gasteiger partial charge in [-0.15, -0.1) is 0 Å². The van der Waals surface area contributed by atoms with Crippen LogP contribution in [-0.2, 0) is 9.53 Å². The summed E-state index contributed by atoms with van der Waals surface area (Å²) in [5.41, 5.74) is 1.73. The zero-order chi connectivity index (χ0) is 23.2. The molecule has 2 saturated heterocycles. The van der Waals surface area contributed by atoms with Crippen molar-refractivity contribution in [2.45, 2.75) is 59.3 Å². The Morgan fingerprint density at radius 1 is 1.31 bits per heavy atom. The second kappa shape index (κ2) is 8.96. The second-order valence-electron chi connectivity index (χ2n) is 8.51. The molecule has 0 aliphatic carbocycles. The van der Waals surface area contributed by atoms with Gasteiger partial charge in [0.15, 0.2) is 0 Å². The topological polar surface area (TPSA) is 67.2 Å². The highest BCUT2D eigenvalue weighted by atomic mass is 32.2. The van der Waals surface area contributed by atoms with Gasteiger partial charge in [0.05, 0.1) is 22.7 Å². The number of carbonyl (C=O) groups is 1. The standard InChI is InChI=1S/C23H28N4O3S2/c1-6-14(3)27-22(29)18(32-23(27)31)10-17-20(25-11-15(4)30-16(5)12-25)24-19-13(2)8-7-9-26(19)21(17)28/h7-10,14-16H,6,11-12H2,1-5H3/b18-10-/t14-,15+,16+/m1/s1. The first-order valence-electron chi connectivity index (χ1n) is 10.9. The lowest BCUT2D eigenvalue weighted by atomic mass is 10.1. The van der Waals surface area contributed by atoms with Gasteiger partial charge in [0, 0.05) is 25.3 Å². The van der Waals surface area contributed by atoms with Gasteiger partial charge in [-0.25, -0.2) is 4.98 Å². The Kier molecular flexibility index (Phi) is 6.42. The van der Waals surface area contributed by atoms with Crippen molar-refractivity contribution in [2.75, 3.05) is 18.0 Å². The zero-order valence-electron chi connectivity index (χ0n) is 19.0. The van der Waals surface area contributed by atoms with Crippen molar-refractivity contribution in [2.24, 2.45) is 0 Å². The third kappa shape index (κ3) is 4.09. The van der Waals surface area contributed by atoms with E-state index in [1.165, 1.54) is 11.8 Å². The van der Waals surface area contributed by atoms with Crippen LogP contribution in [0.3, 0.4) is 0 Å². The highest BCUT2D eigenvalue weighted by Gasteiger charge is 2.35. The molecular formula is C23H28N4O3S2. The van der Waals surface area contributed by atoms with Crippen molar-refractivity contribution in [1.82, 2.24) is 14.3 Å². The smallest absolute Gasteiger partial charge is 0.267 e. The van der Waals surface area contributed by atoms with Gasteiger partial charge >= 0.3 is 0 Å². The van der Waals surface area contributed by atoms with E-state index >= 15 is 0 Å². The fourth-order valence-electron chi connectivity index (χ4n) is 4.19. The summed E-state index contributed by atoms with van der Waals surface area (Å²) in [4.78, 5) is 35.8. The molecule has 7 nitrogen and oxygen atoms in total. The third-order valence-corrected chi connectivity index (χ3v) is 7.24. The van der Waals surface area contributed by atoms with Crippen LogP contribution >= 0.6 is 24.0 Å². The number of nitrogens with zero attached hydrogens (tertiary/aromatic N) is 4. The highest BCUT2D eigenvalue weighted by molar-refractivity contribution is 8.26. The summed E-state index contributed by atoms with van der Waals surface area (Å²) in [6, 6.07) is 3.77. The summed E-state index contributed by atoms with van der Waals surface area (Å²) in [6.45, 7) is 11.2. The number of morpholine rings is 1. The molecule has 2 aliphatic rings. The van der Waals surface area contributed by atoms with Crippen molar-refractivity contribution in [3.8, 4) is 0 Å². The molecule has 2 aromatic rings. The SMILES string of the molecule is CC[C@@H](C)N1C(=O)/C(=C/c2c(N3C[C@H](C)O[C@@H](C)C3)nc3c(C)cccn3c2=O)SC1=S. The molecule has 1 amide bonds. The van der Waals surface area contributed by atoms with Crippen molar-refractivity contribution < 1.29 is 9.53 Å². The maximum Gasteiger partial charge on any atom is 0.267 e. The van der Waals surface area contributed by atoms with Crippen LogP contribution in [0.1, 0.15) is 45.2 Å². The molecule has 9 heteroatoms. The van der Waals surface area contributed by atoms with Crippen LogP contribution in [0.5, 0.6) is 0 Å². The summed E-state index contributed by atoms with van der Waals surface area (Å²) in [6.07, 6.45) is 4.20. The van der Waals surface area contributed by atoms with Gasteiger partial charge in [0.1, 0.15) is 15.8 Å². The third-order valence-electron chi connectivity index (χ3n) is 5.91. The maximum atomic E-state index is 13.6.